The van der Waals surface area contributed by atoms with Crippen LogP contribution in [0.5, 0.6) is 0 Å². The number of rotatable bonds is 3. The van der Waals surface area contributed by atoms with Crippen LogP contribution in [0.1, 0.15) is 79.0 Å². The molecule has 1 heterocycles. The van der Waals surface area contributed by atoms with Gasteiger partial charge in [0.1, 0.15) is 0 Å². The maximum Gasteiger partial charge on any atom is 0.0536 e. The monoisotopic (exact) mass is 348 g/mol. The molecule has 1 aliphatic heterocycles. The molecule has 1 aromatic rings. The van der Waals surface area contributed by atoms with Crippen molar-refractivity contribution >= 4 is 13.2 Å². The van der Waals surface area contributed by atoms with E-state index in [1.54, 1.807) is 16.4 Å². The van der Waals surface area contributed by atoms with E-state index in [2.05, 4.69) is 74.4 Å². The van der Waals surface area contributed by atoms with Gasteiger partial charge in [-0.25, -0.2) is 0 Å². The molecule has 24 heavy (non-hydrogen) atoms. The first kappa shape index (κ1) is 19.9. The van der Waals surface area contributed by atoms with Crippen molar-refractivity contribution in [2.24, 2.45) is 0 Å². The molecular weight excluding hydrogens is 311 g/mol. The minimum absolute atomic E-state index is 0.0583. The lowest BCUT2D eigenvalue weighted by atomic mass is 9.75. The summed E-state index contributed by atoms with van der Waals surface area (Å²) >= 11 is 0. The maximum absolute atomic E-state index is 5.46. The first-order valence-electron chi connectivity index (χ1n) is 9.22. The average molecular weight is 349 g/mol. The van der Waals surface area contributed by atoms with Crippen LogP contribution in [0.2, 0.25) is 0 Å². The summed E-state index contributed by atoms with van der Waals surface area (Å²) in [6.45, 7) is 22.1. The van der Waals surface area contributed by atoms with Crippen LogP contribution in [0.3, 0.4) is 0 Å². The SMILES string of the molecule is COC[C@H]1C[P@]1c1c(C(C)(C)C)cc(C(C)(C)C)cc1C(C)(C)C. The molecule has 0 aliphatic carbocycles. The van der Waals surface area contributed by atoms with Gasteiger partial charge >= 0.3 is 0 Å². The zero-order valence-corrected chi connectivity index (χ0v) is 18.4. The summed E-state index contributed by atoms with van der Waals surface area (Å²) in [5, 5.41) is 1.68. The first-order chi connectivity index (χ1) is 10.8. The minimum Gasteiger partial charge on any atom is -0.384 e. The Balaban J connectivity index is 2.70. The van der Waals surface area contributed by atoms with Crippen LogP contribution in [0.15, 0.2) is 12.1 Å². The predicted octanol–water partition coefficient (Wildman–Crippen LogP) is 5.71. The van der Waals surface area contributed by atoms with Crippen LogP contribution in [0.4, 0.5) is 0 Å². The van der Waals surface area contributed by atoms with Gasteiger partial charge in [-0.2, -0.15) is 0 Å². The Kier molecular flexibility index (Phi) is 5.32. The Hall–Kier alpha value is -0.390. The molecule has 0 bridgehead atoms. The van der Waals surface area contributed by atoms with Gasteiger partial charge < -0.3 is 4.74 Å². The molecule has 1 fully saturated rings. The zero-order chi connectivity index (χ0) is 18.5. The van der Waals surface area contributed by atoms with Crippen LogP contribution in [0, 0.1) is 0 Å². The van der Waals surface area contributed by atoms with E-state index in [4.69, 9.17) is 4.74 Å². The normalized spacial score (nSPS) is 21.9. The zero-order valence-electron chi connectivity index (χ0n) is 17.5. The molecule has 1 nitrogen and oxygen atoms in total. The molecule has 2 heteroatoms. The van der Waals surface area contributed by atoms with E-state index in [1.807, 2.05) is 7.11 Å². The number of methoxy groups -OCH3 is 1. The van der Waals surface area contributed by atoms with E-state index in [1.165, 1.54) is 11.7 Å². The van der Waals surface area contributed by atoms with Crippen molar-refractivity contribution in [2.45, 2.75) is 84.2 Å². The van der Waals surface area contributed by atoms with Crippen LogP contribution in [-0.2, 0) is 21.0 Å². The summed E-state index contributed by atoms with van der Waals surface area (Å²) in [5.74, 6) is 0. The van der Waals surface area contributed by atoms with E-state index in [0.717, 1.165) is 12.3 Å². The lowest BCUT2D eigenvalue weighted by Crippen LogP contribution is -2.30. The molecule has 0 unspecified atom stereocenters. The van der Waals surface area contributed by atoms with Crippen LogP contribution in [0.25, 0.3) is 0 Å². The van der Waals surface area contributed by atoms with E-state index >= 15 is 0 Å². The first-order valence-corrected chi connectivity index (χ1v) is 10.8. The van der Waals surface area contributed by atoms with Gasteiger partial charge in [-0.1, -0.05) is 82.4 Å². The van der Waals surface area contributed by atoms with Crippen molar-refractivity contribution in [2.75, 3.05) is 19.9 Å². The molecule has 0 N–H and O–H groups in total. The largest absolute Gasteiger partial charge is 0.384 e. The van der Waals surface area contributed by atoms with Crippen molar-refractivity contribution < 1.29 is 4.74 Å². The maximum atomic E-state index is 5.46. The molecule has 0 radical (unpaired) electrons. The highest BCUT2D eigenvalue weighted by molar-refractivity contribution is 7.73. The Morgan fingerprint density at radius 1 is 0.875 bits per heavy atom. The summed E-state index contributed by atoms with van der Waals surface area (Å²) in [6, 6.07) is 5.02. The Labute approximate surface area is 151 Å². The second kappa shape index (κ2) is 6.40. The lowest BCUT2D eigenvalue weighted by molar-refractivity contribution is 0.208. The van der Waals surface area contributed by atoms with Gasteiger partial charge in [-0.3, -0.25) is 0 Å². The van der Waals surface area contributed by atoms with E-state index < -0.39 is 0 Å². The summed E-state index contributed by atoms with van der Waals surface area (Å²) in [6.07, 6.45) is 1.34. The van der Waals surface area contributed by atoms with Crippen LogP contribution >= 0.6 is 7.92 Å². The number of hydrogen-bond acceptors (Lipinski definition) is 1. The fourth-order valence-corrected chi connectivity index (χ4v) is 6.31. The topological polar surface area (TPSA) is 9.23 Å². The lowest BCUT2D eigenvalue weighted by Gasteiger charge is -2.34. The van der Waals surface area contributed by atoms with Crippen LogP contribution < -0.4 is 5.30 Å². The molecule has 0 aromatic heterocycles. The second-order valence-electron chi connectivity index (χ2n) is 10.4. The number of ether oxygens (including phenoxy) is 1. The van der Waals surface area contributed by atoms with Gasteiger partial charge in [0.2, 0.25) is 0 Å². The summed E-state index contributed by atoms with van der Waals surface area (Å²) < 4.78 is 5.46. The van der Waals surface area contributed by atoms with Gasteiger partial charge in [-0.05, 0) is 44.4 Å². The van der Waals surface area contributed by atoms with Crippen molar-refractivity contribution in [3.8, 4) is 0 Å². The van der Waals surface area contributed by atoms with E-state index in [-0.39, 0.29) is 24.2 Å². The second-order valence-corrected chi connectivity index (χ2v) is 12.9. The van der Waals surface area contributed by atoms with Gasteiger partial charge in [0, 0.05) is 12.8 Å². The smallest absolute Gasteiger partial charge is 0.0536 e. The highest BCUT2D eigenvalue weighted by atomic mass is 31.1. The molecule has 1 aliphatic rings. The summed E-state index contributed by atoms with van der Waals surface area (Å²) in [5.41, 5.74) is 5.92. The minimum atomic E-state index is -0.0583. The third-order valence-corrected chi connectivity index (χ3v) is 7.59. The van der Waals surface area contributed by atoms with E-state index in [0.29, 0.717) is 0 Å². The third-order valence-electron chi connectivity index (χ3n) is 4.95. The van der Waals surface area contributed by atoms with Gasteiger partial charge in [0.15, 0.2) is 0 Å². The molecule has 1 saturated heterocycles. The molecular formula is C22H37OP. The van der Waals surface area contributed by atoms with Crippen molar-refractivity contribution in [1.29, 1.82) is 0 Å². The summed E-state index contributed by atoms with van der Waals surface area (Å²) in [7, 11) is 1.78. The summed E-state index contributed by atoms with van der Waals surface area (Å²) in [4.78, 5) is 0. The van der Waals surface area contributed by atoms with E-state index in [9.17, 15) is 0 Å². The quantitative estimate of drug-likeness (QED) is 0.635. The van der Waals surface area contributed by atoms with Gasteiger partial charge in [0.05, 0.1) is 6.61 Å². The highest BCUT2D eigenvalue weighted by Gasteiger charge is 2.43. The Morgan fingerprint density at radius 2 is 1.33 bits per heavy atom. The molecule has 0 saturated carbocycles. The van der Waals surface area contributed by atoms with Crippen molar-refractivity contribution in [3.63, 3.8) is 0 Å². The molecule has 1 aromatic carbocycles. The fourth-order valence-electron chi connectivity index (χ4n) is 3.31. The van der Waals surface area contributed by atoms with Gasteiger partial charge in [0.25, 0.3) is 0 Å². The number of benzene rings is 1. The average Bonchev–Trinajstić information content (AvgIpc) is 3.13. The fraction of sp³-hybridized carbons (Fsp3) is 0.727. The standard InChI is InChI=1S/C22H37OP/c1-20(2,3)15-11-17(21(4,5)6)19(18(12-15)22(7,8)9)24-14-16(24)13-23-10/h11-12,16H,13-14H2,1-10H3/t16-,24-/m0/s1. The predicted molar refractivity (Wildman–Crippen MR) is 110 cm³/mol. The highest BCUT2D eigenvalue weighted by Crippen LogP contribution is 2.60. The Morgan fingerprint density at radius 3 is 1.67 bits per heavy atom. The molecule has 0 amide bonds. The number of hydrogen-bond donors (Lipinski definition) is 0. The van der Waals surface area contributed by atoms with Crippen molar-refractivity contribution in [1.82, 2.24) is 0 Å². The molecule has 2 rings (SSSR count). The molecule has 136 valence electrons. The molecule has 2 atom stereocenters. The van der Waals surface area contributed by atoms with Crippen molar-refractivity contribution in [3.05, 3.63) is 28.8 Å². The van der Waals surface area contributed by atoms with Crippen LogP contribution in [-0.4, -0.2) is 25.5 Å². The van der Waals surface area contributed by atoms with Gasteiger partial charge in [-0.15, -0.1) is 0 Å². The molecule has 0 spiro atoms. The third kappa shape index (κ3) is 4.23. The Bertz CT molecular complexity index is 561.